The Morgan fingerprint density at radius 3 is 2.71 bits per heavy atom. The molecule has 0 saturated carbocycles. The van der Waals surface area contributed by atoms with Crippen LogP contribution in [0.2, 0.25) is 0 Å². The quantitative estimate of drug-likeness (QED) is 0.790. The van der Waals surface area contributed by atoms with E-state index in [1.54, 1.807) is 0 Å². The highest BCUT2D eigenvalue weighted by Gasteiger charge is 2.13. The Balaban J connectivity index is 2.86. The zero-order valence-electron chi connectivity index (χ0n) is 11.3. The van der Waals surface area contributed by atoms with Crippen LogP contribution < -0.4 is 10.6 Å². The Bertz CT molecular complexity index is 325. The summed E-state index contributed by atoms with van der Waals surface area (Å²) in [4.78, 5) is 7.01. The summed E-state index contributed by atoms with van der Waals surface area (Å²) in [6, 6.07) is 6.65. The Morgan fingerprint density at radius 2 is 2.12 bits per heavy atom. The number of nitrogens with zero attached hydrogens (tertiary/aromatic N) is 2. The van der Waals surface area contributed by atoms with Crippen LogP contribution in [0.25, 0.3) is 0 Å². The summed E-state index contributed by atoms with van der Waals surface area (Å²) in [5.41, 5.74) is 6.61. The molecule has 3 heteroatoms. The van der Waals surface area contributed by atoms with Gasteiger partial charge in [-0.1, -0.05) is 26.3 Å². The number of rotatable bonds is 7. The molecule has 0 bridgehead atoms. The first-order valence-corrected chi connectivity index (χ1v) is 6.65. The smallest absolute Gasteiger partial charge is 0.129 e. The monoisotopic (exact) mass is 235 g/mol. The lowest BCUT2D eigenvalue weighted by Gasteiger charge is -2.30. The molecule has 0 aliphatic rings. The molecule has 0 aliphatic heterocycles. The number of unbranched alkanes of at least 4 members (excludes halogenated alkanes) is 1. The van der Waals surface area contributed by atoms with E-state index in [0.29, 0.717) is 12.6 Å². The van der Waals surface area contributed by atoms with E-state index in [1.807, 2.05) is 12.1 Å². The summed E-state index contributed by atoms with van der Waals surface area (Å²) in [6.07, 6.45) is 3.56. The van der Waals surface area contributed by atoms with Gasteiger partial charge in [-0.15, -0.1) is 0 Å². The summed E-state index contributed by atoms with van der Waals surface area (Å²) in [6.45, 7) is 8.28. The molecule has 1 unspecified atom stereocenters. The lowest BCUT2D eigenvalue weighted by Crippen LogP contribution is -2.34. The zero-order valence-corrected chi connectivity index (χ0v) is 11.3. The number of anilines is 1. The van der Waals surface area contributed by atoms with E-state index >= 15 is 0 Å². The van der Waals surface area contributed by atoms with Crippen molar-refractivity contribution in [3.05, 3.63) is 23.9 Å². The predicted molar refractivity (Wildman–Crippen MR) is 74.1 cm³/mol. The van der Waals surface area contributed by atoms with Crippen LogP contribution in [0.5, 0.6) is 0 Å². The van der Waals surface area contributed by atoms with Gasteiger partial charge in [0.05, 0.1) is 5.69 Å². The van der Waals surface area contributed by atoms with E-state index < -0.39 is 0 Å². The van der Waals surface area contributed by atoms with Crippen molar-refractivity contribution in [1.29, 1.82) is 0 Å². The van der Waals surface area contributed by atoms with Crippen molar-refractivity contribution in [3.63, 3.8) is 0 Å². The minimum Gasteiger partial charge on any atom is -0.354 e. The van der Waals surface area contributed by atoms with Crippen LogP contribution in [0.4, 0.5) is 5.82 Å². The topological polar surface area (TPSA) is 42.1 Å². The minimum absolute atomic E-state index is 0.510. The maximum absolute atomic E-state index is 5.65. The summed E-state index contributed by atoms with van der Waals surface area (Å²) in [5.74, 6) is 1.07. The number of pyridine rings is 1. The molecule has 0 aromatic carbocycles. The lowest BCUT2D eigenvalue weighted by molar-refractivity contribution is 0.588. The van der Waals surface area contributed by atoms with Crippen molar-refractivity contribution in [2.45, 2.75) is 52.6 Å². The Morgan fingerprint density at radius 1 is 1.35 bits per heavy atom. The average molecular weight is 235 g/mol. The Kier molecular flexibility index (Phi) is 5.98. The van der Waals surface area contributed by atoms with Gasteiger partial charge in [0.15, 0.2) is 0 Å². The van der Waals surface area contributed by atoms with Gasteiger partial charge in [0.1, 0.15) is 5.82 Å². The van der Waals surface area contributed by atoms with Crippen LogP contribution in [0, 0.1) is 0 Å². The third kappa shape index (κ3) is 4.00. The molecule has 17 heavy (non-hydrogen) atoms. The molecule has 1 atom stereocenters. The fourth-order valence-corrected chi connectivity index (χ4v) is 1.85. The van der Waals surface area contributed by atoms with E-state index in [-0.39, 0.29) is 0 Å². The fraction of sp³-hybridized carbons (Fsp3) is 0.643. The second-order valence-electron chi connectivity index (χ2n) is 4.50. The number of nitrogens with two attached hydrogens (primary N) is 1. The lowest BCUT2D eigenvalue weighted by atomic mass is 10.2. The minimum atomic E-state index is 0.510. The predicted octanol–water partition coefficient (Wildman–Crippen LogP) is 2.95. The molecular weight excluding hydrogens is 210 g/mol. The number of hydrogen-bond donors (Lipinski definition) is 1. The molecule has 1 aromatic rings. The molecule has 0 spiro atoms. The van der Waals surface area contributed by atoms with Crippen molar-refractivity contribution >= 4 is 5.82 Å². The van der Waals surface area contributed by atoms with Crippen LogP contribution >= 0.6 is 0 Å². The van der Waals surface area contributed by atoms with Crippen molar-refractivity contribution in [1.82, 2.24) is 4.98 Å². The molecule has 1 heterocycles. The molecule has 96 valence electrons. The molecule has 2 N–H and O–H groups in total. The maximum Gasteiger partial charge on any atom is 0.129 e. The average Bonchev–Trinajstić information content (AvgIpc) is 2.39. The van der Waals surface area contributed by atoms with Gasteiger partial charge in [0, 0.05) is 19.1 Å². The SMILES string of the molecule is CCCCN(c1cccc(CN)n1)C(C)CC. The summed E-state index contributed by atoms with van der Waals surface area (Å²) >= 11 is 0. The molecular formula is C14H25N3. The summed E-state index contributed by atoms with van der Waals surface area (Å²) < 4.78 is 0. The Labute approximate surface area is 105 Å². The van der Waals surface area contributed by atoms with E-state index in [0.717, 1.165) is 24.5 Å². The van der Waals surface area contributed by atoms with Crippen LogP contribution in [-0.2, 0) is 6.54 Å². The number of aromatic nitrogens is 1. The van der Waals surface area contributed by atoms with E-state index in [4.69, 9.17) is 5.73 Å². The number of hydrogen-bond acceptors (Lipinski definition) is 3. The van der Waals surface area contributed by atoms with Crippen LogP contribution in [0.15, 0.2) is 18.2 Å². The third-order valence-corrected chi connectivity index (χ3v) is 3.17. The van der Waals surface area contributed by atoms with Gasteiger partial charge in [-0.25, -0.2) is 4.98 Å². The zero-order chi connectivity index (χ0) is 12.7. The van der Waals surface area contributed by atoms with Gasteiger partial charge in [-0.05, 0) is 31.9 Å². The first kappa shape index (κ1) is 14.0. The second-order valence-corrected chi connectivity index (χ2v) is 4.50. The van der Waals surface area contributed by atoms with Crippen molar-refractivity contribution in [3.8, 4) is 0 Å². The van der Waals surface area contributed by atoms with Gasteiger partial charge >= 0.3 is 0 Å². The van der Waals surface area contributed by atoms with Crippen LogP contribution in [0.3, 0.4) is 0 Å². The fourth-order valence-electron chi connectivity index (χ4n) is 1.85. The molecule has 0 fully saturated rings. The molecule has 0 amide bonds. The Hall–Kier alpha value is -1.09. The van der Waals surface area contributed by atoms with Crippen molar-refractivity contribution in [2.24, 2.45) is 5.73 Å². The van der Waals surface area contributed by atoms with Crippen molar-refractivity contribution in [2.75, 3.05) is 11.4 Å². The van der Waals surface area contributed by atoms with E-state index in [1.165, 1.54) is 12.8 Å². The van der Waals surface area contributed by atoms with Gasteiger partial charge in [-0.3, -0.25) is 0 Å². The standard InChI is InChI=1S/C14H25N3/c1-4-6-10-17(12(3)5-2)14-9-7-8-13(11-15)16-14/h7-9,12H,4-6,10-11,15H2,1-3H3. The van der Waals surface area contributed by atoms with Gasteiger partial charge in [0.25, 0.3) is 0 Å². The molecule has 0 saturated heterocycles. The summed E-state index contributed by atoms with van der Waals surface area (Å²) in [7, 11) is 0. The van der Waals surface area contributed by atoms with Crippen molar-refractivity contribution < 1.29 is 0 Å². The second kappa shape index (κ2) is 7.28. The molecule has 1 aromatic heterocycles. The molecule has 0 radical (unpaired) electrons. The summed E-state index contributed by atoms with van der Waals surface area (Å²) in [5, 5.41) is 0. The van der Waals surface area contributed by atoms with Crippen LogP contribution in [0.1, 0.15) is 45.7 Å². The highest BCUT2D eigenvalue weighted by Crippen LogP contribution is 2.17. The van der Waals surface area contributed by atoms with E-state index in [9.17, 15) is 0 Å². The normalized spacial score (nSPS) is 12.5. The van der Waals surface area contributed by atoms with E-state index in [2.05, 4.69) is 36.7 Å². The molecule has 1 rings (SSSR count). The van der Waals surface area contributed by atoms with Gasteiger partial charge in [0.2, 0.25) is 0 Å². The van der Waals surface area contributed by atoms with Gasteiger partial charge in [-0.2, -0.15) is 0 Å². The maximum atomic E-state index is 5.65. The molecule has 0 aliphatic carbocycles. The van der Waals surface area contributed by atoms with Crippen LogP contribution in [-0.4, -0.2) is 17.6 Å². The third-order valence-electron chi connectivity index (χ3n) is 3.17. The highest BCUT2D eigenvalue weighted by atomic mass is 15.2. The molecule has 3 nitrogen and oxygen atoms in total. The van der Waals surface area contributed by atoms with Gasteiger partial charge < -0.3 is 10.6 Å². The first-order chi connectivity index (χ1) is 8.22. The largest absolute Gasteiger partial charge is 0.354 e. The highest BCUT2D eigenvalue weighted by molar-refractivity contribution is 5.40. The first-order valence-electron chi connectivity index (χ1n) is 6.65.